The van der Waals surface area contributed by atoms with Crippen LogP contribution in [0.3, 0.4) is 0 Å². The fourth-order valence-corrected chi connectivity index (χ4v) is 2.78. The number of hydrazine groups is 1. The quantitative estimate of drug-likeness (QED) is 0.396. The average molecular weight is 409 g/mol. The van der Waals surface area contributed by atoms with E-state index < -0.39 is 17.4 Å². The van der Waals surface area contributed by atoms with Gasteiger partial charge < -0.3 is 10.1 Å². The summed E-state index contributed by atoms with van der Waals surface area (Å²) in [5.41, 5.74) is 7.19. The summed E-state index contributed by atoms with van der Waals surface area (Å²) < 4.78 is 5.18. The molecule has 0 aliphatic rings. The van der Waals surface area contributed by atoms with Crippen LogP contribution in [0.4, 0.5) is 11.4 Å². The minimum Gasteiger partial charge on any atom is -0.477 e. The molecule has 3 N–H and O–H groups in total. The van der Waals surface area contributed by atoms with Crippen molar-refractivity contribution in [2.75, 3.05) is 11.9 Å². The lowest BCUT2D eigenvalue weighted by Crippen LogP contribution is -2.45. The summed E-state index contributed by atoms with van der Waals surface area (Å²) in [6.07, 6.45) is 0. The first-order valence-corrected chi connectivity index (χ1v) is 8.55. The number of nitrogens with one attached hydrogen (secondary N) is 3. The van der Waals surface area contributed by atoms with Crippen LogP contribution in [0.2, 0.25) is 5.02 Å². The van der Waals surface area contributed by atoms with Crippen molar-refractivity contribution < 1.29 is 14.5 Å². The maximum atomic E-state index is 11.9. The summed E-state index contributed by atoms with van der Waals surface area (Å²) >= 11 is 11.3. The van der Waals surface area contributed by atoms with Crippen molar-refractivity contribution in [3.8, 4) is 5.75 Å². The number of rotatable bonds is 5. The number of anilines is 1. The second kappa shape index (κ2) is 9.15. The summed E-state index contributed by atoms with van der Waals surface area (Å²) in [5, 5.41) is 14.4. The lowest BCUT2D eigenvalue weighted by Gasteiger charge is -2.15. The van der Waals surface area contributed by atoms with Gasteiger partial charge in [-0.05, 0) is 49.3 Å². The first-order valence-electron chi connectivity index (χ1n) is 7.76. The van der Waals surface area contributed by atoms with Gasteiger partial charge in [0.15, 0.2) is 17.5 Å². The number of amides is 1. The van der Waals surface area contributed by atoms with Gasteiger partial charge in [-0.25, -0.2) is 0 Å². The molecule has 0 unspecified atom stereocenters. The van der Waals surface area contributed by atoms with E-state index in [1.54, 1.807) is 12.1 Å². The number of para-hydroxylation sites is 2. The number of carbonyl (C=O) groups is 1. The molecule has 0 bridgehead atoms. The van der Waals surface area contributed by atoms with Gasteiger partial charge in [-0.15, -0.1) is 0 Å². The van der Waals surface area contributed by atoms with Gasteiger partial charge in [-0.3, -0.25) is 25.8 Å². The van der Waals surface area contributed by atoms with Gasteiger partial charge >= 0.3 is 5.69 Å². The Balaban J connectivity index is 1.86. The van der Waals surface area contributed by atoms with Gasteiger partial charge in [0, 0.05) is 6.07 Å². The van der Waals surface area contributed by atoms with Crippen LogP contribution in [0.25, 0.3) is 0 Å². The first kappa shape index (κ1) is 20.4. The van der Waals surface area contributed by atoms with Crippen LogP contribution >= 0.6 is 23.8 Å². The Labute approximate surface area is 166 Å². The SMILES string of the molecule is Cc1cc(C)c(NC(=S)NNC(=O)COc2ccccc2[N+](=O)[O-])c(Cl)c1. The second-order valence-corrected chi connectivity index (χ2v) is 6.39. The largest absolute Gasteiger partial charge is 0.477 e. The van der Waals surface area contributed by atoms with E-state index in [0.717, 1.165) is 11.1 Å². The van der Waals surface area contributed by atoms with Crippen LogP contribution in [0.1, 0.15) is 11.1 Å². The molecular weight excluding hydrogens is 392 g/mol. The number of carbonyl (C=O) groups excluding carboxylic acids is 1. The third-order valence-corrected chi connectivity index (χ3v) is 3.91. The Kier molecular flexibility index (Phi) is 6.91. The Morgan fingerprint density at radius 2 is 1.96 bits per heavy atom. The first-order chi connectivity index (χ1) is 12.8. The van der Waals surface area contributed by atoms with Crippen molar-refractivity contribution in [2.24, 2.45) is 0 Å². The van der Waals surface area contributed by atoms with Crippen LogP contribution in [0, 0.1) is 24.0 Å². The molecule has 0 aliphatic carbocycles. The zero-order valence-corrected chi connectivity index (χ0v) is 16.1. The lowest BCUT2D eigenvalue weighted by atomic mass is 10.1. The third kappa shape index (κ3) is 5.80. The van der Waals surface area contributed by atoms with E-state index in [-0.39, 0.29) is 16.5 Å². The zero-order valence-electron chi connectivity index (χ0n) is 14.5. The van der Waals surface area contributed by atoms with E-state index in [9.17, 15) is 14.9 Å². The molecule has 2 aromatic carbocycles. The second-order valence-electron chi connectivity index (χ2n) is 5.58. The summed E-state index contributed by atoms with van der Waals surface area (Å²) in [7, 11) is 0. The minimum absolute atomic E-state index is 0.000383. The maximum Gasteiger partial charge on any atom is 0.310 e. The number of aryl methyl sites for hydroxylation is 2. The van der Waals surface area contributed by atoms with E-state index in [1.165, 1.54) is 18.2 Å². The van der Waals surface area contributed by atoms with Crippen molar-refractivity contribution in [3.63, 3.8) is 0 Å². The fraction of sp³-hybridized carbons (Fsp3) is 0.176. The van der Waals surface area contributed by atoms with Crippen molar-refractivity contribution in [1.29, 1.82) is 0 Å². The average Bonchev–Trinajstić information content (AvgIpc) is 2.61. The van der Waals surface area contributed by atoms with Crippen LogP contribution in [0.15, 0.2) is 36.4 Å². The predicted molar refractivity (Wildman–Crippen MR) is 107 cm³/mol. The smallest absolute Gasteiger partial charge is 0.310 e. The Bertz CT molecular complexity index is 868. The molecule has 0 heterocycles. The molecule has 0 fully saturated rings. The highest BCUT2D eigenvalue weighted by molar-refractivity contribution is 7.80. The Morgan fingerprint density at radius 3 is 2.63 bits per heavy atom. The summed E-state index contributed by atoms with van der Waals surface area (Å²) in [6, 6.07) is 9.51. The number of benzene rings is 2. The number of nitro benzene ring substituents is 1. The van der Waals surface area contributed by atoms with E-state index >= 15 is 0 Å². The molecule has 0 saturated carbocycles. The number of thiocarbonyl (C=S) groups is 1. The number of hydrogen-bond donors (Lipinski definition) is 3. The topological polar surface area (TPSA) is 106 Å². The molecule has 0 spiro atoms. The van der Waals surface area contributed by atoms with Crippen molar-refractivity contribution >= 4 is 46.2 Å². The van der Waals surface area contributed by atoms with Crippen molar-refractivity contribution in [3.05, 3.63) is 62.7 Å². The monoisotopic (exact) mass is 408 g/mol. The highest BCUT2D eigenvalue weighted by atomic mass is 35.5. The highest BCUT2D eigenvalue weighted by Crippen LogP contribution is 2.27. The zero-order chi connectivity index (χ0) is 20.0. The molecule has 142 valence electrons. The molecule has 8 nitrogen and oxygen atoms in total. The van der Waals surface area contributed by atoms with E-state index in [1.807, 2.05) is 19.9 Å². The maximum absolute atomic E-state index is 11.9. The highest BCUT2D eigenvalue weighted by Gasteiger charge is 2.15. The molecule has 0 radical (unpaired) electrons. The summed E-state index contributed by atoms with van der Waals surface area (Å²) in [5.74, 6) is -0.565. The Morgan fingerprint density at radius 1 is 1.26 bits per heavy atom. The molecule has 0 saturated heterocycles. The van der Waals surface area contributed by atoms with Gasteiger partial charge in [-0.1, -0.05) is 29.8 Å². The van der Waals surface area contributed by atoms with Crippen LogP contribution in [-0.4, -0.2) is 22.5 Å². The molecule has 27 heavy (non-hydrogen) atoms. The summed E-state index contributed by atoms with van der Waals surface area (Å²) in [4.78, 5) is 22.2. The molecular formula is C17H17ClN4O4S. The minimum atomic E-state index is -0.585. The van der Waals surface area contributed by atoms with Crippen molar-refractivity contribution in [1.82, 2.24) is 10.9 Å². The number of nitro groups is 1. The molecule has 0 aliphatic heterocycles. The molecule has 0 atom stereocenters. The normalized spacial score (nSPS) is 10.0. The molecule has 2 aromatic rings. The fourth-order valence-electron chi connectivity index (χ4n) is 2.25. The number of hydrogen-bond acceptors (Lipinski definition) is 5. The summed E-state index contributed by atoms with van der Waals surface area (Å²) in [6.45, 7) is 3.38. The van der Waals surface area contributed by atoms with Crippen LogP contribution in [-0.2, 0) is 4.79 Å². The Hall–Kier alpha value is -2.91. The molecule has 1 amide bonds. The van der Waals surface area contributed by atoms with Gasteiger partial charge in [0.1, 0.15) is 0 Å². The standard InChI is InChI=1S/C17H17ClN4O4S/c1-10-7-11(2)16(12(18)8-10)19-17(27)21-20-15(23)9-26-14-6-4-3-5-13(14)22(24)25/h3-8H,9H2,1-2H3,(H,20,23)(H2,19,21,27). The van der Waals surface area contributed by atoms with E-state index in [2.05, 4.69) is 16.2 Å². The van der Waals surface area contributed by atoms with E-state index in [0.29, 0.717) is 10.7 Å². The van der Waals surface area contributed by atoms with E-state index in [4.69, 9.17) is 28.6 Å². The number of halogens is 1. The molecule has 2 rings (SSSR count). The van der Waals surface area contributed by atoms with Crippen LogP contribution in [0.5, 0.6) is 5.75 Å². The van der Waals surface area contributed by atoms with Gasteiger partial charge in [-0.2, -0.15) is 0 Å². The third-order valence-electron chi connectivity index (χ3n) is 3.41. The predicted octanol–water partition coefficient (Wildman–Crippen LogP) is 3.26. The van der Waals surface area contributed by atoms with Crippen LogP contribution < -0.4 is 20.9 Å². The van der Waals surface area contributed by atoms with Gasteiger partial charge in [0.05, 0.1) is 15.6 Å². The number of nitrogens with zero attached hydrogens (tertiary/aromatic N) is 1. The van der Waals surface area contributed by atoms with Crippen molar-refractivity contribution in [2.45, 2.75) is 13.8 Å². The van der Waals surface area contributed by atoms with Gasteiger partial charge in [0.2, 0.25) is 0 Å². The number of ether oxygens (including phenoxy) is 1. The lowest BCUT2D eigenvalue weighted by molar-refractivity contribution is -0.385. The molecule has 0 aromatic heterocycles. The molecule has 10 heteroatoms. The van der Waals surface area contributed by atoms with Gasteiger partial charge in [0.25, 0.3) is 5.91 Å².